The first-order chi connectivity index (χ1) is 13.0. The molecular weight excluding hydrogens is 356 g/mol. The first-order valence-corrected chi connectivity index (χ1v) is 9.75. The number of H-pyrrole nitrogens is 1. The molecule has 2 aromatic heterocycles. The van der Waals surface area contributed by atoms with Crippen LogP contribution in [0.5, 0.6) is 0 Å². The number of nitrogens with one attached hydrogen (secondary N) is 1. The van der Waals surface area contributed by atoms with E-state index in [-0.39, 0.29) is 5.69 Å². The highest BCUT2D eigenvalue weighted by Crippen LogP contribution is 2.28. The van der Waals surface area contributed by atoms with Gasteiger partial charge in [0.1, 0.15) is 0 Å². The summed E-state index contributed by atoms with van der Waals surface area (Å²) in [6, 6.07) is 16.5. The van der Waals surface area contributed by atoms with Crippen molar-refractivity contribution in [3.63, 3.8) is 0 Å². The van der Waals surface area contributed by atoms with Crippen molar-refractivity contribution >= 4 is 17.4 Å². The third-order valence-electron chi connectivity index (χ3n) is 4.45. The number of aryl methyl sites for hydroxylation is 3. The maximum atomic E-state index is 12.5. The topological polar surface area (TPSA) is 63.1 Å². The average Bonchev–Trinajstić information content (AvgIpc) is 2.98. The van der Waals surface area contributed by atoms with Gasteiger partial charge in [-0.3, -0.25) is 4.98 Å². The molecule has 0 spiro atoms. The molecule has 0 aliphatic heterocycles. The van der Waals surface area contributed by atoms with Crippen molar-refractivity contribution in [3.8, 4) is 11.1 Å². The molecular formula is C21H20N4OS. The van der Waals surface area contributed by atoms with E-state index < -0.39 is 0 Å². The van der Waals surface area contributed by atoms with Crippen LogP contribution in [-0.2, 0) is 5.75 Å². The average molecular weight is 376 g/mol. The van der Waals surface area contributed by atoms with Gasteiger partial charge in [0, 0.05) is 11.3 Å². The van der Waals surface area contributed by atoms with Crippen LogP contribution in [-0.4, -0.2) is 19.6 Å². The molecule has 4 rings (SSSR count). The Hall–Kier alpha value is -2.86. The number of fused-ring (bicyclic) bond motifs is 1. The Labute approximate surface area is 161 Å². The second kappa shape index (κ2) is 7.04. The number of aromatic nitrogens is 4. The van der Waals surface area contributed by atoms with Crippen LogP contribution in [0.2, 0.25) is 0 Å². The zero-order valence-corrected chi connectivity index (χ0v) is 16.3. The summed E-state index contributed by atoms with van der Waals surface area (Å²) >= 11 is 1.52. The highest BCUT2D eigenvalue weighted by Gasteiger charge is 2.16. The normalized spacial score (nSPS) is 11.2. The lowest BCUT2D eigenvalue weighted by Gasteiger charge is -2.04. The standard InChI is InChI=1S/C21H20N4OS/c1-13-7-9-17(10-8-13)18-15(3)24-25-19(18)22-20(23-21(25)26)27-12-16-6-4-5-14(2)11-16/h4-11H,12H2,1-3H3,(H,22,23,26). The van der Waals surface area contributed by atoms with Crippen molar-refractivity contribution in [2.75, 3.05) is 0 Å². The Morgan fingerprint density at radius 3 is 2.56 bits per heavy atom. The summed E-state index contributed by atoms with van der Waals surface area (Å²) in [5.41, 5.74) is 6.63. The predicted octanol–water partition coefficient (Wildman–Crippen LogP) is 4.30. The molecule has 0 saturated carbocycles. The van der Waals surface area contributed by atoms with Crippen molar-refractivity contribution in [1.82, 2.24) is 19.6 Å². The molecule has 6 heteroatoms. The molecule has 0 bridgehead atoms. The Kier molecular flexibility index (Phi) is 4.58. The van der Waals surface area contributed by atoms with Crippen LogP contribution in [0.25, 0.3) is 16.8 Å². The van der Waals surface area contributed by atoms with Gasteiger partial charge in [0.2, 0.25) is 0 Å². The maximum absolute atomic E-state index is 12.5. The highest BCUT2D eigenvalue weighted by molar-refractivity contribution is 7.98. The van der Waals surface area contributed by atoms with Crippen LogP contribution in [0, 0.1) is 20.8 Å². The van der Waals surface area contributed by atoms with E-state index in [9.17, 15) is 4.79 Å². The number of hydrogen-bond donors (Lipinski definition) is 1. The fraction of sp³-hybridized carbons (Fsp3) is 0.190. The van der Waals surface area contributed by atoms with Crippen molar-refractivity contribution in [1.29, 1.82) is 0 Å². The van der Waals surface area contributed by atoms with Crippen LogP contribution < -0.4 is 5.69 Å². The van der Waals surface area contributed by atoms with E-state index in [1.807, 2.05) is 25.1 Å². The minimum atomic E-state index is -0.270. The molecule has 27 heavy (non-hydrogen) atoms. The largest absolute Gasteiger partial charge is 0.350 e. The van der Waals surface area contributed by atoms with Crippen molar-refractivity contribution in [2.24, 2.45) is 0 Å². The van der Waals surface area contributed by atoms with E-state index in [0.717, 1.165) is 22.6 Å². The van der Waals surface area contributed by atoms with Gasteiger partial charge in [-0.2, -0.15) is 9.61 Å². The monoisotopic (exact) mass is 376 g/mol. The molecule has 0 saturated heterocycles. The Morgan fingerprint density at radius 2 is 1.81 bits per heavy atom. The molecule has 1 N–H and O–H groups in total. The summed E-state index contributed by atoms with van der Waals surface area (Å²) in [6.45, 7) is 6.03. The second-order valence-corrected chi connectivity index (χ2v) is 7.65. The van der Waals surface area contributed by atoms with Gasteiger partial charge in [-0.25, -0.2) is 9.78 Å². The molecule has 2 heterocycles. The third-order valence-corrected chi connectivity index (χ3v) is 5.39. The van der Waals surface area contributed by atoms with E-state index in [2.05, 4.69) is 54.3 Å². The molecule has 0 aliphatic rings. The van der Waals surface area contributed by atoms with Gasteiger partial charge in [-0.05, 0) is 31.9 Å². The summed E-state index contributed by atoms with van der Waals surface area (Å²) in [5.74, 6) is 0.744. The molecule has 0 atom stereocenters. The zero-order chi connectivity index (χ0) is 19.0. The Morgan fingerprint density at radius 1 is 1.04 bits per heavy atom. The summed E-state index contributed by atoms with van der Waals surface area (Å²) in [6.07, 6.45) is 0. The summed E-state index contributed by atoms with van der Waals surface area (Å²) < 4.78 is 1.35. The lowest BCUT2D eigenvalue weighted by atomic mass is 10.0. The summed E-state index contributed by atoms with van der Waals surface area (Å²) in [7, 11) is 0. The van der Waals surface area contributed by atoms with Gasteiger partial charge in [0.25, 0.3) is 0 Å². The van der Waals surface area contributed by atoms with Gasteiger partial charge < -0.3 is 0 Å². The molecule has 0 amide bonds. The summed E-state index contributed by atoms with van der Waals surface area (Å²) in [4.78, 5) is 20.0. The van der Waals surface area contributed by atoms with Crippen LogP contribution in [0.3, 0.4) is 0 Å². The van der Waals surface area contributed by atoms with Gasteiger partial charge >= 0.3 is 5.69 Å². The first-order valence-electron chi connectivity index (χ1n) is 8.76. The third kappa shape index (κ3) is 3.53. The summed E-state index contributed by atoms with van der Waals surface area (Å²) in [5, 5.41) is 4.98. The fourth-order valence-electron chi connectivity index (χ4n) is 3.11. The lowest BCUT2D eigenvalue weighted by molar-refractivity contribution is 0.780. The smallest absolute Gasteiger partial charge is 0.285 e. The predicted molar refractivity (Wildman–Crippen MR) is 109 cm³/mol. The number of rotatable bonds is 4. The molecule has 5 nitrogen and oxygen atoms in total. The van der Waals surface area contributed by atoms with Gasteiger partial charge in [-0.1, -0.05) is 71.4 Å². The second-order valence-electron chi connectivity index (χ2n) is 6.69. The first kappa shape index (κ1) is 17.5. The SMILES string of the molecule is Cc1ccc(-c2c(C)nn3c(=O)[nH]c(SCc4cccc(C)c4)nc23)cc1. The van der Waals surface area contributed by atoms with E-state index in [1.165, 1.54) is 33.0 Å². The van der Waals surface area contributed by atoms with E-state index in [4.69, 9.17) is 4.98 Å². The molecule has 0 unspecified atom stereocenters. The van der Waals surface area contributed by atoms with E-state index in [0.29, 0.717) is 10.8 Å². The quantitative estimate of drug-likeness (QED) is 0.539. The van der Waals surface area contributed by atoms with E-state index in [1.54, 1.807) is 0 Å². The number of benzene rings is 2. The van der Waals surface area contributed by atoms with Crippen LogP contribution in [0.1, 0.15) is 22.4 Å². The van der Waals surface area contributed by atoms with Crippen molar-refractivity contribution < 1.29 is 0 Å². The Bertz CT molecular complexity index is 1180. The minimum absolute atomic E-state index is 0.270. The van der Waals surface area contributed by atoms with Crippen LogP contribution in [0.4, 0.5) is 0 Å². The number of aromatic amines is 1. The zero-order valence-electron chi connectivity index (χ0n) is 15.5. The molecule has 4 aromatic rings. The lowest BCUT2D eigenvalue weighted by Crippen LogP contribution is -2.19. The van der Waals surface area contributed by atoms with Crippen molar-refractivity contribution in [2.45, 2.75) is 31.7 Å². The molecule has 2 aromatic carbocycles. The number of nitrogens with zero attached hydrogens (tertiary/aromatic N) is 3. The molecule has 0 fully saturated rings. The minimum Gasteiger partial charge on any atom is -0.285 e. The van der Waals surface area contributed by atoms with Crippen LogP contribution in [0.15, 0.2) is 58.5 Å². The number of hydrogen-bond acceptors (Lipinski definition) is 4. The van der Waals surface area contributed by atoms with Crippen molar-refractivity contribution in [3.05, 3.63) is 81.4 Å². The highest BCUT2D eigenvalue weighted by atomic mass is 32.2. The molecule has 0 aliphatic carbocycles. The number of thioether (sulfide) groups is 1. The molecule has 136 valence electrons. The van der Waals surface area contributed by atoms with Gasteiger partial charge in [0.15, 0.2) is 10.8 Å². The van der Waals surface area contributed by atoms with Crippen LogP contribution >= 0.6 is 11.8 Å². The maximum Gasteiger partial charge on any atom is 0.350 e. The fourth-order valence-corrected chi connectivity index (χ4v) is 3.90. The molecule has 0 radical (unpaired) electrons. The van der Waals surface area contributed by atoms with Gasteiger partial charge in [-0.15, -0.1) is 0 Å². The van der Waals surface area contributed by atoms with E-state index >= 15 is 0 Å². The Balaban J connectivity index is 1.74. The van der Waals surface area contributed by atoms with Gasteiger partial charge in [0.05, 0.1) is 5.69 Å².